The molecule has 0 saturated heterocycles. The quantitative estimate of drug-likeness (QED) is 0.482. The fourth-order valence-corrected chi connectivity index (χ4v) is 0.772. The molecule has 1 unspecified atom stereocenters. The molecule has 0 rings (SSSR count). The molecule has 5 nitrogen and oxygen atoms in total. The van der Waals surface area contributed by atoms with E-state index in [-0.39, 0.29) is 18.9 Å². The van der Waals surface area contributed by atoms with Crippen molar-refractivity contribution in [2.24, 2.45) is 11.5 Å². The second-order valence-corrected chi connectivity index (χ2v) is 2.47. The standard InChI is InChI=1S/C7H15N3O2/c1-2-5(7(9)12)10-6(11)3-4-8/h5H,2-4,8H2,1H3,(H2,9,12)(H,10,11). The molecule has 0 aliphatic carbocycles. The molecule has 0 heterocycles. The molecule has 0 fully saturated rings. The van der Waals surface area contributed by atoms with Crippen molar-refractivity contribution in [2.75, 3.05) is 6.54 Å². The van der Waals surface area contributed by atoms with Crippen LogP contribution in [0, 0.1) is 0 Å². The monoisotopic (exact) mass is 173 g/mol. The fourth-order valence-electron chi connectivity index (χ4n) is 0.772. The Morgan fingerprint density at radius 2 is 2.08 bits per heavy atom. The molecule has 0 bridgehead atoms. The van der Waals surface area contributed by atoms with Crippen LogP contribution in [0.2, 0.25) is 0 Å². The lowest BCUT2D eigenvalue weighted by atomic mass is 10.2. The van der Waals surface area contributed by atoms with Crippen molar-refractivity contribution >= 4 is 11.8 Å². The maximum Gasteiger partial charge on any atom is 0.239 e. The fraction of sp³-hybridized carbons (Fsp3) is 0.714. The molecule has 0 aromatic rings. The van der Waals surface area contributed by atoms with Gasteiger partial charge in [-0.15, -0.1) is 0 Å². The van der Waals surface area contributed by atoms with E-state index >= 15 is 0 Å². The first-order valence-corrected chi connectivity index (χ1v) is 3.90. The Balaban J connectivity index is 3.85. The lowest BCUT2D eigenvalue weighted by Crippen LogP contribution is -2.44. The third-order valence-corrected chi connectivity index (χ3v) is 1.46. The first-order chi connectivity index (χ1) is 5.61. The average Bonchev–Trinajstić information content (AvgIpc) is 2.00. The van der Waals surface area contributed by atoms with Gasteiger partial charge in [-0.1, -0.05) is 6.92 Å². The Bertz CT molecular complexity index is 170. The summed E-state index contributed by atoms with van der Waals surface area (Å²) in [6, 6.07) is -0.566. The van der Waals surface area contributed by atoms with E-state index in [1.165, 1.54) is 0 Å². The van der Waals surface area contributed by atoms with Crippen LogP contribution in [0.25, 0.3) is 0 Å². The minimum absolute atomic E-state index is 0.226. The van der Waals surface area contributed by atoms with Gasteiger partial charge in [-0.05, 0) is 6.42 Å². The van der Waals surface area contributed by atoms with Crippen LogP contribution in [0.15, 0.2) is 0 Å². The number of carbonyl (C=O) groups excluding carboxylic acids is 2. The van der Waals surface area contributed by atoms with Crippen molar-refractivity contribution < 1.29 is 9.59 Å². The van der Waals surface area contributed by atoms with Crippen molar-refractivity contribution in [1.82, 2.24) is 5.32 Å². The van der Waals surface area contributed by atoms with Gasteiger partial charge < -0.3 is 16.8 Å². The normalized spacial score (nSPS) is 12.2. The first kappa shape index (κ1) is 10.9. The van der Waals surface area contributed by atoms with Gasteiger partial charge in [0.15, 0.2) is 0 Å². The SMILES string of the molecule is CCC(NC(=O)CCN)C(N)=O. The zero-order valence-corrected chi connectivity index (χ0v) is 7.17. The number of primary amides is 1. The number of amides is 2. The second kappa shape index (κ2) is 5.54. The van der Waals surface area contributed by atoms with Crippen LogP contribution in [-0.4, -0.2) is 24.4 Å². The van der Waals surface area contributed by atoms with Gasteiger partial charge in [-0.3, -0.25) is 9.59 Å². The minimum atomic E-state index is -0.566. The highest BCUT2D eigenvalue weighted by molar-refractivity contribution is 5.86. The summed E-state index contributed by atoms with van der Waals surface area (Å²) in [6.07, 6.45) is 0.732. The van der Waals surface area contributed by atoms with E-state index in [1.54, 1.807) is 6.92 Å². The Morgan fingerprint density at radius 3 is 2.42 bits per heavy atom. The smallest absolute Gasteiger partial charge is 0.239 e. The molecule has 0 aromatic heterocycles. The molecule has 12 heavy (non-hydrogen) atoms. The van der Waals surface area contributed by atoms with Crippen LogP contribution in [-0.2, 0) is 9.59 Å². The molecule has 1 atom stereocenters. The molecule has 0 spiro atoms. The van der Waals surface area contributed by atoms with E-state index in [9.17, 15) is 9.59 Å². The second-order valence-electron chi connectivity index (χ2n) is 2.47. The highest BCUT2D eigenvalue weighted by atomic mass is 16.2. The summed E-state index contributed by atoms with van der Waals surface area (Å²) in [4.78, 5) is 21.6. The van der Waals surface area contributed by atoms with E-state index in [4.69, 9.17) is 11.5 Å². The van der Waals surface area contributed by atoms with Gasteiger partial charge in [0.25, 0.3) is 0 Å². The molecule has 0 aromatic carbocycles. The number of hydrogen-bond donors (Lipinski definition) is 3. The van der Waals surface area contributed by atoms with Crippen LogP contribution in [0.5, 0.6) is 0 Å². The van der Waals surface area contributed by atoms with Crippen molar-refractivity contribution in [3.63, 3.8) is 0 Å². The highest BCUT2D eigenvalue weighted by Crippen LogP contribution is 1.89. The van der Waals surface area contributed by atoms with Crippen molar-refractivity contribution in [3.05, 3.63) is 0 Å². The van der Waals surface area contributed by atoms with Crippen LogP contribution < -0.4 is 16.8 Å². The molecule has 5 N–H and O–H groups in total. The topological polar surface area (TPSA) is 98.2 Å². The van der Waals surface area contributed by atoms with Crippen LogP contribution in [0.4, 0.5) is 0 Å². The van der Waals surface area contributed by atoms with Gasteiger partial charge >= 0.3 is 0 Å². The molecule has 0 radical (unpaired) electrons. The van der Waals surface area contributed by atoms with Crippen molar-refractivity contribution in [1.29, 1.82) is 0 Å². The number of nitrogens with two attached hydrogens (primary N) is 2. The minimum Gasteiger partial charge on any atom is -0.368 e. The largest absolute Gasteiger partial charge is 0.368 e. The van der Waals surface area contributed by atoms with E-state index < -0.39 is 11.9 Å². The van der Waals surface area contributed by atoms with Gasteiger partial charge in [-0.2, -0.15) is 0 Å². The molecular formula is C7H15N3O2. The predicted octanol–water partition coefficient (Wildman–Crippen LogP) is -1.28. The predicted molar refractivity (Wildman–Crippen MR) is 45.1 cm³/mol. The summed E-state index contributed by atoms with van der Waals surface area (Å²) < 4.78 is 0. The summed E-state index contributed by atoms with van der Waals surface area (Å²) in [7, 11) is 0. The summed E-state index contributed by atoms with van der Waals surface area (Å²) in [5, 5.41) is 2.47. The zero-order valence-electron chi connectivity index (χ0n) is 7.17. The van der Waals surface area contributed by atoms with Gasteiger partial charge in [0.2, 0.25) is 11.8 Å². The Morgan fingerprint density at radius 1 is 1.50 bits per heavy atom. The summed E-state index contributed by atoms with van der Waals surface area (Å²) in [6.45, 7) is 2.05. The molecule has 5 heteroatoms. The highest BCUT2D eigenvalue weighted by Gasteiger charge is 2.14. The molecule has 0 aliphatic heterocycles. The van der Waals surface area contributed by atoms with Gasteiger partial charge in [0, 0.05) is 13.0 Å². The van der Waals surface area contributed by atoms with Gasteiger partial charge in [0.1, 0.15) is 6.04 Å². The van der Waals surface area contributed by atoms with Crippen LogP contribution in [0.3, 0.4) is 0 Å². The molecule has 70 valence electrons. The third kappa shape index (κ3) is 3.92. The summed E-state index contributed by atoms with van der Waals surface area (Å²) in [5.74, 6) is -0.744. The third-order valence-electron chi connectivity index (χ3n) is 1.46. The first-order valence-electron chi connectivity index (χ1n) is 3.90. The summed E-state index contributed by atoms with van der Waals surface area (Å²) >= 11 is 0. The Kier molecular flexibility index (Phi) is 5.03. The van der Waals surface area contributed by atoms with Gasteiger partial charge in [-0.25, -0.2) is 0 Å². The lowest BCUT2D eigenvalue weighted by Gasteiger charge is -2.12. The Labute approximate surface area is 71.5 Å². The number of hydrogen-bond acceptors (Lipinski definition) is 3. The van der Waals surface area contributed by atoms with Gasteiger partial charge in [0.05, 0.1) is 0 Å². The van der Waals surface area contributed by atoms with E-state index in [0.717, 1.165) is 0 Å². The number of rotatable bonds is 5. The lowest BCUT2D eigenvalue weighted by molar-refractivity contribution is -0.127. The van der Waals surface area contributed by atoms with Crippen LogP contribution >= 0.6 is 0 Å². The Hall–Kier alpha value is -1.10. The molecule has 0 saturated carbocycles. The van der Waals surface area contributed by atoms with Crippen molar-refractivity contribution in [2.45, 2.75) is 25.8 Å². The maximum absolute atomic E-state index is 10.9. The van der Waals surface area contributed by atoms with Crippen LogP contribution in [0.1, 0.15) is 19.8 Å². The average molecular weight is 173 g/mol. The molecular weight excluding hydrogens is 158 g/mol. The summed E-state index contributed by atoms with van der Waals surface area (Å²) in [5.41, 5.74) is 10.2. The van der Waals surface area contributed by atoms with Crippen molar-refractivity contribution in [3.8, 4) is 0 Å². The maximum atomic E-state index is 10.9. The number of carbonyl (C=O) groups is 2. The van der Waals surface area contributed by atoms with E-state index in [1.807, 2.05) is 0 Å². The molecule has 0 aliphatic rings. The number of nitrogens with one attached hydrogen (secondary N) is 1. The van der Waals surface area contributed by atoms with E-state index in [2.05, 4.69) is 5.32 Å². The zero-order chi connectivity index (χ0) is 9.56. The van der Waals surface area contributed by atoms with E-state index in [0.29, 0.717) is 6.42 Å². The molecule has 2 amide bonds.